The van der Waals surface area contributed by atoms with Crippen molar-refractivity contribution < 1.29 is 34.2 Å². The number of nitrogen functional groups attached to an aromatic ring is 2. The zero-order valence-electron chi connectivity index (χ0n) is 8.34. The average molecular weight is 251 g/mol. The molecule has 7 nitrogen and oxygen atoms in total. The summed E-state index contributed by atoms with van der Waals surface area (Å²) < 4.78 is 29.3. The topological polar surface area (TPSA) is 137 Å². The van der Waals surface area contributed by atoms with Crippen LogP contribution in [-0.2, 0) is 4.29 Å². The lowest BCUT2D eigenvalue weighted by atomic mass is 10.2. The number of hydrogen-bond donors (Lipinski definition) is 3. The molecule has 1 aromatic carbocycles. The van der Waals surface area contributed by atoms with Crippen molar-refractivity contribution in [2.45, 2.75) is 12.9 Å². The summed E-state index contributed by atoms with van der Waals surface area (Å²) in [5.41, 5.74) is 11.5. The molecule has 0 saturated heterocycles. The van der Waals surface area contributed by atoms with Crippen LogP contribution in [-0.4, -0.2) is 11.1 Å². The summed E-state index contributed by atoms with van der Waals surface area (Å²) in [5.74, 6) is -2.29. The normalized spacial score (nSPS) is 14.8. The maximum absolute atomic E-state index is 10.2. The van der Waals surface area contributed by atoms with Crippen molar-refractivity contribution >= 4 is 11.4 Å². The second kappa shape index (κ2) is 4.73. The van der Waals surface area contributed by atoms with Gasteiger partial charge in [0.1, 0.15) is 5.75 Å². The zero-order chi connectivity index (χ0) is 12.3. The molecule has 0 bridgehead atoms. The van der Waals surface area contributed by atoms with Crippen LogP contribution in [0.4, 0.5) is 11.4 Å². The van der Waals surface area contributed by atoms with E-state index in [1.54, 1.807) is 0 Å². The van der Waals surface area contributed by atoms with Crippen LogP contribution in [0.25, 0.3) is 0 Å². The Hall–Kier alpha value is -1.25. The van der Waals surface area contributed by atoms with Gasteiger partial charge in [0, 0.05) is 12.6 Å². The molecule has 8 heteroatoms. The first-order chi connectivity index (χ1) is 7.30. The molecule has 1 aromatic rings. The monoisotopic (exact) mass is 250 g/mol. The van der Waals surface area contributed by atoms with Crippen LogP contribution in [0.5, 0.6) is 5.75 Å². The van der Waals surface area contributed by atoms with E-state index in [9.17, 15) is 14.4 Å². The van der Waals surface area contributed by atoms with Crippen molar-refractivity contribution in [2.24, 2.45) is 0 Å². The predicted octanol–water partition coefficient (Wildman–Crippen LogP) is -2.00. The number of nitrogens with two attached hydrogens (primary N) is 2. The third-order valence-electron chi connectivity index (χ3n) is 1.54. The Morgan fingerprint density at radius 2 is 2.00 bits per heavy atom. The van der Waals surface area contributed by atoms with E-state index in [1.165, 1.54) is 18.2 Å². The highest BCUT2D eigenvalue weighted by Crippen LogP contribution is 2.27. The number of hydrogen-bond acceptors (Lipinski definition) is 7. The molecule has 1 atom stereocenters. The van der Waals surface area contributed by atoms with Crippen molar-refractivity contribution in [1.29, 1.82) is 0 Å². The molecule has 0 fully saturated rings. The third-order valence-corrected chi connectivity index (χ3v) is 1.95. The van der Waals surface area contributed by atoms with Gasteiger partial charge in [-0.1, -0.05) is 0 Å². The van der Waals surface area contributed by atoms with Crippen LogP contribution < -0.4 is 25.5 Å². The number of rotatable bonds is 4. The number of aliphatic hydroxyl groups is 1. The fourth-order valence-electron chi connectivity index (χ4n) is 0.997. The predicted molar refractivity (Wildman–Crippen MR) is 47.6 cm³/mol. The standard InChI is InChI=1S/C8H11ClN2O5/c1-8(12,16-9(13)14)15-7-3-2-5(10)4-6(7)11/h2-4,12H,10-11H2,1H3. The van der Waals surface area contributed by atoms with Crippen molar-refractivity contribution in [3.8, 4) is 5.75 Å². The van der Waals surface area contributed by atoms with Gasteiger partial charge < -0.3 is 30.6 Å². The van der Waals surface area contributed by atoms with Gasteiger partial charge in [-0.3, -0.25) is 0 Å². The second-order valence-electron chi connectivity index (χ2n) is 3.06. The van der Waals surface area contributed by atoms with Gasteiger partial charge in [-0.05, 0) is 18.2 Å². The Morgan fingerprint density at radius 3 is 2.50 bits per heavy atom. The fraction of sp³-hybridized carbons (Fsp3) is 0.250. The van der Waals surface area contributed by atoms with E-state index in [0.717, 1.165) is 6.92 Å². The van der Waals surface area contributed by atoms with Crippen molar-refractivity contribution in [3.05, 3.63) is 18.2 Å². The lowest BCUT2D eigenvalue weighted by molar-refractivity contribution is -1.63. The highest BCUT2D eigenvalue weighted by Gasteiger charge is 2.37. The zero-order valence-corrected chi connectivity index (χ0v) is 9.10. The molecule has 0 radical (unpaired) electrons. The summed E-state index contributed by atoms with van der Waals surface area (Å²) >= 11 is 0. The van der Waals surface area contributed by atoms with Crippen LogP contribution in [0, 0.1) is 10.8 Å². The van der Waals surface area contributed by atoms with Gasteiger partial charge in [-0.2, -0.15) is 0 Å². The summed E-state index contributed by atoms with van der Waals surface area (Å²) in [6.07, 6.45) is 0. The van der Waals surface area contributed by atoms with Crippen LogP contribution in [0.15, 0.2) is 18.2 Å². The molecule has 1 unspecified atom stereocenters. The molecule has 16 heavy (non-hydrogen) atoms. The molecular formula is C8H11ClN2O5. The molecule has 0 aromatic heterocycles. The van der Waals surface area contributed by atoms with Gasteiger partial charge in [0.25, 0.3) is 10.8 Å². The first-order valence-electron chi connectivity index (χ1n) is 4.11. The summed E-state index contributed by atoms with van der Waals surface area (Å²) in [6, 6.07) is 4.26. The Balaban J connectivity index is 2.79. The van der Waals surface area contributed by atoms with E-state index in [2.05, 4.69) is 4.29 Å². The van der Waals surface area contributed by atoms with Gasteiger partial charge >= 0.3 is 5.97 Å². The van der Waals surface area contributed by atoms with E-state index < -0.39 is 16.8 Å². The van der Waals surface area contributed by atoms with Gasteiger partial charge in [0.05, 0.1) is 9.98 Å². The summed E-state index contributed by atoms with van der Waals surface area (Å²) in [4.78, 5) is 0. The van der Waals surface area contributed by atoms with E-state index in [0.29, 0.717) is 5.69 Å². The lowest BCUT2D eigenvalue weighted by Gasteiger charge is -2.18. The number of anilines is 2. The first-order valence-corrected chi connectivity index (χ1v) is 5.04. The molecule has 0 saturated carbocycles. The van der Waals surface area contributed by atoms with Crippen LogP contribution >= 0.6 is 0 Å². The molecule has 0 aliphatic rings. The van der Waals surface area contributed by atoms with E-state index in [4.69, 9.17) is 16.2 Å². The molecule has 1 rings (SSSR count). The molecule has 0 aliphatic heterocycles. The molecule has 5 N–H and O–H groups in total. The van der Waals surface area contributed by atoms with Gasteiger partial charge in [-0.25, -0.2) is 0 Å². The summed E-state index contributed by atoms with van der Waals surface area (Å²) in [7, 11) is -2.58. The van der Waals surface area contributed by atoms with Gasteiger partial charge in [0.15, 0.2) is 0 Å². The maximum atomic E-state index is 10.2. The molecule has 90 valence electrons. The largest absolute Gasteiger partial charge is 0.430 e. The molecule has 0 spiro atoms. The number of ether oxygens (including phenoxy) is 1. The van der Waals surface area contributed by atoms with Crippen molar-refractivity contribution in [3.63, 3.8) is 0 Å². The Bertz CT molecular complexity index is 371. The minimum Gasteiger partial charge on any atom is -0.430 e. The molecule has 0 heterocycles. The minimum absolute atomic E-state index is 0.0539. The van der Waals surface area contributed by atoms with E-state index >= 15 is 0 Å². The first kappa shape index (κ1) is 12.8. The van der Waals surface area contributed by atoms with Crippen molar-refractivity contribution in [1.82, 2.24) is 0 Å². The van der Waals surface area contributed by atoms with Crippen molar-refractivity contribution in [2.75, 3.05) is 11.5 Å². The number of halogens is 1. The maximum Gasteiger partial charge on any atom is 0.426 e. The van der Waals surface area contributed by atoms with E-state index in [1.807, 2.05) is 0 Å². The van der Waals surface area contributed by atoms with Gasteiger partial charge in [0.2, 0.25) is 0 Å². The van der Waals surface area contributed by atoms with Crippen LogP contribution in [0.1, 0.15) is 6.92 Å². The average Bonchev–Trinajstić information content (AvgIpc) is 2.07. The lowest BCUT2D eigenvalue weighted by Crippen LogP contribution is -2.46. The highest BCUT2D eigenvalue weighted by molar-refractivity contribution is 5.60. The molecule has 0 amide bonds. The fourth-order valence-corrected chi connectivity index (χ4v) is 1.26. The summed E-state index contributed by atoms with van der Waals surface area (Å²) in [6.45, 7) is 1.00. The smallest absolute Gasteiger partial charge is 0.426 e. The second-order valence-corrected chi connectivity index (χ2v) is 3.60. The van der Waals surface area contributed by atoms with Gasteiger partial charge in [-0.15, -0.1) is 0 Å². The quantitative estimate of drug-likeness (QED) is 0.415. The molecule has 0 aliphatic carbocycles. The van der Waals surface area contributed by atoms with E-state index in [-0.39, 0.29) is 11.4 Å². The Morgan fingerprint density at radius 1 is 1.38 bits per heavy atom. The SMILES string of the molecule is CC(O)(Oc1ccc(N)cc1N)O[Cl+2]([O-])[O-]. The third kappa shape index (κ3) is 3.72. The Kier molecular flexibility index (Phi) is 3.79. The number of benzene rings is 1. The highest BCUT2D eigenvalue weighted by atomic mass is 35.6. The minimum atomic E-state index is -2.58. The molecular weight excluding hydrogens is 240 g/mol. The Labute approximate surface area is 94.6 Å². The van der Waals surface area contributed by atoms with Crippen LogP contribution in [0.2, 0.25) is 0 Å². The van der Waals surface area contributed by atoms with Crippen LogP contribution in [0.3, 0.4) is 0 Å². The summed E-state index contributed by atoms with van der Waals surface area (Å²) in [5, 5.41) is 9.40.